The fraction of sp³-hybridized carbons (Fsp3) is 0.474. The average Bonchev–Trinajstić information content (AvgIpc) is 3.17. The summed E-state index contributed by atoms with van der Waals surface area (Å²) in [4.78, 5) is 20.1. The van der Waals surface area contributed by atoms with Crippen LogP contribution in [-0.2, 0) is 11.3 Å². The maximum atomic E-state index is 11.6. The Morgan fingerprint density at radius 3 is 2.46 bits per heavy atom. The van der Waals surface area contributed by atoms with E-state index >= 15 is 0 Å². The number of hydrogen-bond donors (Lipinski definition) is 3. The second-order valence-electron chi connectivity index (χ2n) is 7.06. The fourth-order valence-corrected chi connectivity index (χ4v) is 2.27. The van der Waals surface area contributed by atoms with Crippen molar-refractivity contribution in [1.29, 1.82) is 0 Å². The van der Waals surface area contributed by atoms with Crippen LogP contribution in [0.1, 0.15) is 33.3 Å². The van der Waals surface area contributed by atoms with Gasteiger partial charge in [-0.25, -0.2) is 19.5 Å². The molecule has 1 heterocycles. The third-order valence-electron chi connectivity index (χ3n) is 3.47. The summed E-state index contributed by atoms with van der Waals surface area (Å²) < 4.78 is 6.90. The molecule has 1 aromatic carbocycles. The van der Waals surface area contributed by atoms with Crippen LogP contribution in [0.3, 0.4) is 0 Å². The first-order valence-corrected chi connectivity index (χ1v) is 9.30. The largest absolute Gasteiger partial charge is 0.444 e. The monoisotopic (exact) mass is 387 g/mol. The van der Waals surface area contributed by atoms with Crippen LogP contribution in [0.4, 0.5) is 4.79 Å². The minimum absolute atomic E-state index is 0.427. The Hall–Kier alpha value is -3.10. The summed E-state index contributed by atoms with van der Waals surface area (Å²) in [6, 6.07) is 7.97. The topological polar surface area (TPSA) is 105 Å². The standard InChI is InChI=1S/C19H29N7O2/c1-5-21-17(22-10-11-23-18(27)28-19(2,3)4)24-12-15-6-8-16(9-7-15)26-14-20-13-25-26/h6-9,13-14H,5,10-12H2,1-4H3,(H,23,27)(H2,21,22,24). The lowest BCUT2D eigenvalue weighted by atomic mass is 10.2. The van der Waals surface area contributed by atoms with Gasteiger partial charge in [-0.3, -0.25) is 0 Å². The molecule has 0 saturated carbocycles. The SMILES string of the molecule is CCNC(=NCc1ccc(-n2cncn2)cc1)NCCNC(=O)OC(C)(C)C. The Labute approximate surface area is 165 Å². The molecule has 28 heavy (non-hydrogen) atoms. The van der Waals surface area contributed by atoms with Gasteiger partial charge in [-0.2, -0.15) is 5.10 Å². The molecule has 0 aliphatic heterocycles. The first kappa shape index (κ1) is 21.2. The quantitative estimate of drug-likeness (QED) is 0.380. The zero-order chi connectivity index (χ0) is 20.4. The van der Waals surface area contributed by atoms with Gasteiger partial charge in [0.05, 0.1) is 12.2 Å². The van der Waals surface area contributed by atoms with Crippen LogP contribution in [0.2, 0.25) is 0 Å². The number of amides is 1. The molecule has 3 N–H and O–H groups in total. The van der Waals surface area contributed by atoms with Gasteiger partial charge in [-0.15, -0.1) is 0 Å². The molecule has 2 aromatic rings. The lowest BCUT2D eigenvalue weighted by Gasteiger charge is -2.19. The van der Waals surface area contributed by atoms with E-state index < -0.39 is 11.7 Å². The minimum atomic E-state index is -0.503. The van der Waals surface area contributed by atoms with Gasteiger partial charge in [0.1, 0.15) is 18.3 Å². The normalized spacial score (nSPS) is 11.8. The van der Waals surface area contributed by atoms with E-state index in [4.69, 9.17) is 4.74 Å². The molecule has 152 valence electrons. The molecule has 0 aliphatic carbocycles. The molecule has 0 aliphatic rings. The van der Waals surface area contributed by atoms with E-state index in [-0.39, 0.29) is 0 Å². The van der Waals surface area contributed by atoms with Crippen molar-refractivity contribution < 1.29 is 9.53 Å². The lowest BCUT2D eigenvalue weighted by Crippen LogP contribution is -2.42. The first-order chi connectivity index (χ1) is 13.4. The van der Waals surface area contributed by atoms with Gasteiger partial charge in [0, 0.05) is 19.6 Å². The summed E-state index contributed by atoms with van der Waals surface area (Å²) >= 11 is 0. The molecule has 1 amide bonds. The van der Waals surface area contributed by atoms with E-state index in [1.165, 1.54) is 6.33 Å². The molecule has 0 saturated heterocycles. The summed E-state index contributed by atoms with van der Waals surface area (Å²) in [5.41, 5.74) is 1.52. The predicted octanol–water partition coefficient (Wildman–Crippen LogP) is 1.85. The van der Waals surface area contributed by atoms with E-state index in [0.717, 1.165) is 17.8 Å². The molecular formula is C19H29N7O2. The number of hydrogen-bond acceptors (Lipinski definition) is 5. The van der Waals surface area contributed by atoms with E-state index in [1.54, 1.807) is 11.0 Å². The van der Waals surface area contributed by atoms with Gasteiger partial charge in [0.25, 0.3) is 0 Å². The van der Waals surface area contributed by atoms with Crippen molar-refractivity contribution in [1.82, 2.24) is 30.7 Å². The van der Waals surface area contributed by atoms with Crippen LogP contribution in [-0.4, -0.2) is 52.1 Å². The van der Waals surface area contributed by atoms with Crippen molar-refractivity contribution >= 4 is 12.1 Å². The third kappa shape index (κ3) is 7.65. The van der Waals surface area contributed by atoms with Crippen molar-refractivity contribution in [3.63, 3.8) is 0 Å². The summed E-state index contributed by atoms with van der Waals surface area (Å²) in [5, 5.41) is 13.2. The van der Waals surface area contributed by atoms with Crippen molar-refractivity contribution in [2.75, 3.05) is 19.6 Å². The Morgan fingerprint density at radius 1 is 1.14 bits per heavy atom. The highest BCUT2D eigenvalue weighted by atomic mass is 16.6. The molecule has 9 heteroatoms. The Morgan fingerprint density at radius 2 is 1.86 bits per heavy atom. The number of aromatic nitrogens is 3. The van der Waals surface area contributed by atoms with Crippen LogP contribution in [0.15, 0.2) is 41.9 Å². The minimum Gasteiger partial charge on any atom is -0.444 e. The smallest absolute Gasteiger partial charge is 0.407 e. The summed E-state index contributed by atoms with van der Waals surface area (Å²) in [6.07, 6.45) is 2.74. The average molecular weight is 387 g/mol. The highest BCUT2D eigenvalue weighted by Gasteiger charge is 2.15. The predicted molar refractivity (Wildman–Crippen MR) is 108 cm³/mol. The molecule has 0 radical (unpaired) electrons. The Bertz CT molecular complexity index is 750. The zero-order valence-corrected chi connectivity index (χ0v) is 16.9. The van der Waals surface area contributed by atoms with Gasteiger partial charge < -0.3 is 20.7 Å². The third-order valence-corrected chi connectivity index (χ3v) is 3.47. The number of rotatable bonds is 7. The molecule has 0 bridgehead atoms. The van der Waals surface area contributed by atoms with Crippen LogP contribution in [0.25, 0.3) is 5.69 Å². The number of benzene rings is 1. The number of ether oxygens (including phenoxy) is 1. The number of aliphatic imine (C=N–C) groups is 1. The van der Waals surface area contributed by atoms with Crippen molar-refractivity contribution in [3.05, 3.63) is 42.5 Å². The second-order valence-corrected chi connectivity index (χ2v) is 7.06. The van der Waals surface area contributed by atoms with E-state index in [9.17, 15) is 4.79 Å². The lowest BCUT2D eigenvalue weighted by molar-refractivity contribution is 0.0529. The van der Waals surface area contributed by atoms with Crippen molar-refractivity contribution in [3.8, 4) is 5.69 Å². The first-order valence-electron chi connectivity index (χ1n) is 9.30. The molecule has 9 nitrogen and oxygen atoms in total. The molecule has 2 rings (SSSR count). The van der Waals surface area contributed by atoms with Crippen LogP contribution < -0.4 is 16.0 Å². The maximum absolute atomic E-state index is 11.6. The van der Waals surface area contributed by atoms with Gasteiger partial charge in [-0.1, -0.05) is 12.1 Å². The van der Waals surface area contributed by atoms with Gasteiger partial charge >= 0.3 is 6.09 Å². The number of guanidine groups is 1. The summed E-state index contributed by atoms with van der Waals surface area (Å²) in [6.45, 7) is 9.76. The fourth-order valence-electron chi connectivity index (χ4n) is 2.27. The molecule has 0 atom stereocenters. The number of nitrogens with zero attached hydrogens (tertiary/aromatic N) is 4. The highest BCUT2D eigenvalue weighted by molar-refractivity contribution is 5.79. The molecule has 0 spiro atoms. The van der Waals surface area contributed by atoms with Gasteiger partial charge in [0.2, 0.25) is 0 Å². The van der Waals surface area contributed by atoms with Crippen LogP contribution >= 0.6 is 0 Å². The highest BCUT2D eigenvalue weighted by Crippen LogP contribution is 2.09. The molecule has 0 unspecified atom stereocenters. The number of nitrogens with one attached hydrogen (secondary N) is 3. The second kappa shape index (κ2) is 10.3. The summed E-state index contributed by atoms with van der Waals surface area (Å²) in [5.74, 6) is 0.689. The molecule has 0 fully saturated rings. The molecular weight excluding hydrogens is 358 g/mol. The van der Waals surface area contributed by atoms with E-state index in [1.807, 2.05) is 52.0 Å². The Kier molecular flexibility index (Phi) is 7.79. The van der Waals surface area contributed by atoms with Crippen molar-refractivity contribution in [2.24, 2.45) is 4.99 Å². The maximum Gasteiger partial charge on any atom is 0.407 e. The Balaban J connectivity index is 1.80. The molecule has 1 aromatic heterocycles. The van der Waals surface area contributed by atoms with Crippen LogP contribution in [0, 0.1) is 0 Å². The number of alkyl carbamates (subject to hydrolysis) is 1. The summed E-state index contributed by atoms with van der Waals surface area (Å²) in [7, 11) is 0. The van der Waals surface area contributed by atoms with Gasteiger partial charge in [-0.05, 0) is 45.4 Å². The van der Waals surface area contributed by atoms with E-state index in [0.29, 0.717) is 25.6 Å². The van der Waals surface area contributed by atoms with Gasteiger partial charge in [0.15, 0.2) is 5.96 Å². The van der Waals surface area contributed by atoms with E-state index in [2.05, 4.69) is 31.0 Å². The zero-order valence-electron chi connectivity index (χ0n) is 16.9. The number of carbonyl (C=O) groups excluding carboxylic acids is 1. The number of carbonyl (C=O) groups is 1. The van der Waals surface area contributed by atoms with Crippen molar-refractivity contribution in [2.45, 2.75) is 39.8 Å². The van der Waals surface area contributed by atoms with Crippen LogP contribution in [0.5, 0.6) is 0 Å².